The maximum absolute atomic E-state index is 5.99. The first-order chi connectivity index (χ1) is 7.81. The van der Waals surface area contributed by atoms with E-state index in [1.807, 2.05) is 0 Å². The fourth-order valence-corrected chi connectivity index (χ4v) is 2.64. The summed E-state index contributed by atoms with van der Waals surface area (Å²) in [4.78, 5) is 8.10. The second kappa shape index (κ2) is 5.62. The predicted molar refractivity (Wildman–Crippen MR) is 66.4 cm³/mol. The molecule has 0 bridgehead atoms. The molecule has 0 radical (unpaired) electrons. The minimum atomic E-state index is 0.324. The molecule has 88 valence electrons. The Morgan fingerprint density at radius 1 is 1.44 bits per heavy atom. The minimum absolute atomic E-state index is 0.324. The normalized spacial score (nSPS) is 25.4. The Labute approximate surface area is 105 Å². The van der Waals surface area contributed by atoms with E-state index in [9.17, 15) is 0 Å². The molecule has 1 saturated carbocycles. The minimum Gasteiger partial charge on any atom is -0.473 e. The standard InChI is InChI=1S/C12H17BrN2O/c1-2-9-5-3-4-6-11(9)16-12-10(13)7-14-8-15-12/h7-9,11H,2-6H2,1H3. The molecule has 0 saturated heterocycles. The van der Waals surface area contributed by atoms with E-state index in [1.54, 1.807) is 6.20 Å². The van der Waals surface area contributed by atoms with Crippen LogP contribution in [0.4, 0.5) is 0 Å². The van der Waals surface area contributed by atoms with Gasteiger partial charge in [-0.05, 0) is 47.5 Å². The van der Waals surface area contributed by atoms with Gasteiger partial charge in [0.25, 0.3) is 0 Å². The molecule has 1 aromatic heterocycles. The Bertz CT molecular complexity index is 346. The molecular formula is C12H17BrN2O. The fourth-order valence-electron chi connectivity index (χ4n) is 2.33. The number of rotatable bonds is 3. The first kappa shape index (κ1) is 11.8. The van der Waals surface area contributed by atoms with E-state index in [1.165, 1.54) is 32.0 Å². The number of hydrogen-bond donors (Lipinski definition) is 0. The largest absolute Gasteiger partial charge is 0.473 e. The van der Waals surface area contributed by atoms with E-state index in [2.05, 4.69) is 32.8 Å². The molecule has 2 unspecified atom stereocenters. The highest BCUT2D eigenvalue weighted by Gasteiger charge is 2.26. The molecule has 0 N–H and O–H groups in total. The highest BCUT2D eigenvalue weighted by Crippen LogP contribution is 2.31. The Kier molecular flexibility index (Phi) is 4.16. The number of hydrogen-bond acceptors (Lipinski definition) is 3. The number of nitrogens with zero attached hydrogens (tertiary/aromatic N) is 2. The molecule has 2 rings (SSSR count). The quantitative estimate of drug-likeness (QED) is 0.851. The van der Waals surface area contributed by atoms with Crippen molar-refractivity contribution in [2.45, 2.75) is 45.1 Å². The summed E-state index contributed by atoms with van der Waals surface area (Å²) in [5, 5.41) is 0. The van der Waals surface area contributed by atoms with E-state index in [0.717, 1.165) is 10.9 Å². The van der Waals surface area contributed by atoms with Gasteiger partial charge in [-0.3, -0.25) is 0 Å². The van der Waals surface area contributed by atoms with Crippen LogP contribution in [0.25, 0.3) is 0 Å². The fraction of sp³-hybridized carbons (Fsp3) is 0.667. The Hall–Kier alpha value is -0.640. The van der Waals surface area contributed by atoms with E-state index in [4.69, 9.17) is 4.74 Å². The predicted octanol–water partition coefficient (Wildman–Crippen LogP) is 3.59. The number of halogens is 1. The molecule has 2 atom stereocenters. The lowest BCUT2D eigenvalue weighted by Gasteiger charge is -2.30. The van der Waals surface area contributed by atoms with Crippen molar-refractivity contribution in [2.24, 2.45) is 5.92 Å². The molecule has 1 aliphatic carbocycles. The Balaban J connectivity index is 2.05. The second-order valence-electron chi connectivity index (χ2n) is 4.28. The monoisotopic (exact) mass is 284 g/mol. The third kappa shape index (κ3) is 2.73. The average molecular weight is 285 g/mol. The molecule has 1 fully saturated rings. The highest BCUT2D eigenvalue weighted by atomic mass is 79.9. The van der Waals surface area contributed by atoms with E-state index < -0.39 is 0 Å². The average Bonchev–Trinajstić information content (AvgIpc) is 2.33. The van der Waals surface area contributed by atoms with Crippen LogP contribution in [0.1, 0.15) is 39.0 Å². The third-order valence-electron chi connectivity index (χ3n) is 3.26. The highest BCUT2D eigenvalue weighted by molar-refractivity contribution is 9.10. The van der Waals surface area contributed by atoms with Crippen molar-refractivity contribution in [3.63, 3.8) is 0 Å². The van der Waals surface area contributed by atoms with Gasteiger partial charge < -0.3 is 4.74 Å². The molecule has 1 aromatic rings. The molecule has 16 heavy (non-hydrogen) atoms. The van der Waals surface area contributed by atoms with E-state index in [-0.39, 0.29) is 0 Å². The van der Waals surface area contributed by atoms with Crippen LogP contribution in [0.15, 0.2) is 17.0 Å². The Morgan fingerprint density at radius 2 is 2.25 bits per heavy atom. The summed E-state index contributed by atoms with van der Waals surface area (Å²) in [6.07, 6.45) is 9.81. The number of ether oxygens (including phenoxy) is 1. The lowest BCUT2D eigenvalue weighted by atomic mass is 9.85. The van der Waals surface area contributed by atoms with Gasteiger partial charge in [0.05, 0.1) is 4.47 Å². The van der Waals surface area contributed by atoms with E-state index in [0.29, 0.717) is 17.9 Å². The van der Waals surface area contributed by atoms with Crippen molar-refractivity contribution in [2.75, 3.05) is 0 Å². The van der Waals surface area contributed by atoms with Gasteiger partial charge in [-0.25, -0.2) is 9.97 Å². The van der Waals surface area contributed by atoms with Gasteiger partial charge in [-0.1, -0.05) is 13.3 Å². The molecular weight excluding hydrogens is 268 g/mol. The van der Waals surface area contributed by atoms with Gasteiger partial charge in [0.1, 0.15) is 12.4 Å². The maximum atomic E-state index is 5.99. The zero-order valence-electron chi connectivity index (χ0n) is 9.53. The maximum Gasteiger partial charge on any atom is 0.231 e. The van der Waals surface area contributed by atoms with Crippen LogP contribution in [-0.4, -0.2) is 16.1 Å². The van der Waals surface area contributed by atoms with Gasteiger partial charge in [0, 0.05) is 6.20 Å². The lowest BCUT2D eigenvalue weighted by molar-refractivity contribution is 0.0848. The molecule has 0 aliphatic heterocycles. The van der Waals surface area contributed by atoms with Crippen molar-refractivity contribution in [1.82, 2.24) is 9.97 Å². The molecule has 0 aromatic carbocycles. The van der Waals surface area contributed by atoms with Crippen molar-refractivity contribution < 1.29 is 4.74 Å². The summed E-state index contributed by atoms with van der Waals surface area (Å²) in [7, 11) is 0. The van der Waals surface area contributed by atoms with E-state index >= 15 is 0 Å². The van der Waals surface area contributed by atoms with Crippen LogP contribution < -0.4 is 4.74 Å². The Morgan fingerprint density at radius 3 is 3.00 bits per heavy atom. The van der Waals surface area contributed by atoms with Gasteiger partial charge in [0.2, 0.25) is 5.88 Å². The summed E-state index contributed by atoms with van der Waals surface area (Å²) in [5.41, 5.74) is 0. The van der Waals surface area contributed by atoms with Crippen LogP contribution in [0.2, 0.25) is 0 Å². The van der Waals surface area contributed by atoms with Crippen LogP contribution in [0, 0.1) is 5.92 Å². The van der Waals surface area contributed by atoms with Crippen molar-refractivity contribution in [1.29, 1.82) is 0 Å². The molecule has 1 heterocycles. The van der Waals surface area contributed by atoms with Crippen LogP contribution in [-0.2, 0) is 0 Å². The summed E-state index contributed by atoms with van der Waals surface area (Å²) >= 11 is 3.41. The molecule has 0 amide bonds. The topological polar surface area (TPSA) is 35.0 Å². The second-order valence-corrected chi connectivity index (χ2v) is 5.14. The smallest absolute Gasteiger partial charge is 0.231 e. The summed E-state index contributed by atoms with van der Waals surface area (Å²) in [5.74, 6) is 1.36. The van der Waals surface area contributed by atoms with Crippen LogP contribution in [0.3, 0.4) is 0 Å². The molecule has 3 nitrogen and oxygen atoms in total. The first-order valence-corrected chi connectivity index (χ1v) is 6.72. The summed E-state index contributed by atoms with van der Waals surface area (Å²) < 4.78 is 6.83. The summed E-state index contributed by atoms with van der Waals surface area (Å²) in [6.45, 7) is 2.24. The SMILES string of the molecule is CCC1CCCCC1Oc1ncncc1Br. The van der Waals surface area contributed by atoms with Crippen molar-refractivity contribution >= 4 is 15.9 Å². The van der Waals surface area contributed by atoms with Gasteiger partial charge in [-0.2, -0.15) is 0 Å². The molecule has 1 aliphatic rings. The van der Waals surface area contributed by atoms with Gasteiger partial charge in [-0.15, -0.1) is 0 Å². The van der Waals surface area contributed by atoms with Gasteiger partial charge >= 0.3 is 0 Å². The first-order valence-electron chi connectivity index (χ1n) is 5.93. The van der Waals surface area contributed by atoms with Crippen LogP contribution in [0.5, 0.6) is 5.88 Å². The molecule has 0 spiro atoms. The number of aromatic nitrogens is 2. The zero-order chi connectivity index (χ0) is 11.4. The zero-order valence-corrected chi connectivity index (χ0v) is 11.1. The van der Waals surface area contributed by atoms with Crippen molar-refractivity contribution in [3.05, 3.63) is 17.0 Å². The summed E-state index contributed by atoms with van der Waals surface area (Å²) in [6, 6.07) is 0. The van der Waals surface area contributed by atoms with Gasteiger partial charge in [0.15, 0.2) is 0 Å². The van der Waals surface area contributed by atoms with Crippen molar-refractivity contribution in [3.8, 4) is 5.88 Å². The van der Waals surface area contributed by atoms with Crippen LogP contribution >= 0.6 is 15.9 Å². The lowest BCUT2D eigenvalue weighted by Crippen LogP contribution is -2.30. The molecule has 4 heteroatoms. The third-order valence-corrected chi connectivity index (χ3v) is 3.80.